The molecule has 2 aromatic rings. The van der Waals surface area contributed by atoms with Gasteiger partial charge in [-0.3, -0.25) is 0 Å². The third kappa shape index (κ3) is 1.66. The highest BCUT2D eigenvalue weighted by atomic mass is 15.5. The second-order valence-corrected chi connectivity index (χ2v) is 3.31. The Bertz CT molecular complexity index is 414. The summed E-state index contributed by atoms with van der Waals surface area (Å²) in [5.41, 5.74) is 3.28. The number of aromatic nitrogens is 3. The van der Waals surface area contributed by atoms with Crippen LogP contribution in [0.1, 0.15) is 18.2 Å². The lowest BCUT2D eigenvalue weighted by molar-refractivity contribution is 0.739. The van der Waals surface area contributed by atoms with Crippen LogP contribution in [0.4, 0.5) is 0 Å². The predicted molar refractivity (Wildman–Crippen MR) is 55.5 cm³/mol. The van der Waals surface area contributed by atoms with E-state index in [0.717, 1.165) is 17.8 Å². The van der Waals surface area contributed by atoms with Crippen molar-refractivity contribution in [2.24, 2.45) is 0 Å². The maximum atomic E-state index is 4.33. The Balaban J connectivity index is 2.34. The quantitative estimate of drug-likeness (QED) is 0.721. The van der Waals surface area contributed by atoms with E-state index in [4.69, 9.17) is 0 Å². The Morgan fingerprint density at radius 2 is 1.93 bits per heavy atom. The molecule has 0 saturated carbocycles. The summed E-state index contributed by atoms with van der Waals surface area (Å²) >= 11 is 0. The zero-order valence-electron chi connectivity index (χ0n) is 8.44. The van der Waals surface area contributed by atoms with E-state index in [0.29, 0.717) is 0 Å². The summed E-state index contributed by atoms with van der Waals surface area (Å²) in [4.78, 5) is 1.66. The van der Waals surface area contributed by atoms with E-state index in [1.54, 1.807) is 11.0 Å². The molecule has 0 aliphatic heterocycles. The van der Waals surface area contributed by atoms with Crippen LogP contribution >= 0.6 is 0 Å². The fourth-order valence-electron chi connectivity index (χ4n) is 1.26. The van der Waals surface area contributed by atoms with Crippen LogP contribution in [0.15, 0.2) is 30.5 Å². The highest BCUT2D eigenvalue weighted by molar-refractivity contribution is 5.32. The molecule has 0 bridgehead atoms. The van der Waals surface area contributed by atoms with Gasteiger partial charge in [-0.2, -0.15) is 15.0 Å². The van der Waals surface area contributed by atoms with E-state index in [1.807, 2.05) is 12.1 Å². The van der Waals surface area contributed by atoms with Crippen molar-refractivity contribution in [1.29, 1.82) is 0 Å². The number of nitrogens with zero attached hydrogens (tertiary/aromatic N) is 3. The number of benzene rings is 1. The van der Waals surface area contributed by atoms with Gasteiger partial charge in [0.1, 0.15) is 0 Å². The van der Waals surface area contributed by atoms with Crippen LogP contribution in [0.3, 0.4) is 0 Å². The van der Waals surface area contributed by atoms with Crippen LogP contribution < -0.4 is 0 Å². The first kappa shape index (κ1) is 8.94. The third-order valence-electron chi connectivity index (χ3n) is 2.17. The molecule has 3 nitrogen and oxygen atoms in total. The highest BCUT2D eigenvalue weighted by Gasteiger charge is 1.99. The largest absolute Gasteiger partial charge is 0.157 e. The standard InChI is InChI=1S/C11H13N3/c1-3-10-8-12-14(13-10)11-6-4-9(2)5-7-11/h4-8H,3H2,1-2H3. The Kier molecular flexibility index (Phi) is 2.31. The monoisotopic (exact) mass is 187 g/mol. The van der Waals surface area contributed by atoms with E-state index in [1.165, 1.54) is 5.56 Å². The highest BCUT2D eigenvalue weighted by Crippen LogP contribution is 2.07. The second kappa shape index (κ2) is 3.62. The normalized spacial score (nSPS) is 10.4. The van der Waals surface area contributed by atoms with Crippen molar-refractivity contribution in [1.82, 2.24) is 15.0 Å². The molecular formula is C11H13N3. The Morgan fingerprint density at radius 1 is 1.21 bits per heavy atom. The number of hydrogen-bond acceptors (Lipinski definition) is 2. The van der Waals surface area contributed by atoms with Crippen LogP contribution in [0.25, 0.3) is 5.69 Å². The molecule has 0 aliphatic carbocycles. The van der Waals surface area contributed by atoms with Gasteiger partial charge < -0.3 is 0 Å². The van der Waals surface area contributed by atoms with Gasteiger partial charge in [-0.25, -0.2) is 0 Å². The van der Waals surface area contributed by atoms with Gasteiger partial charge in [0.2, 0.25) is 0 Å². The van der Waals surface area contributed by atoms with Crippen molar-refractivity contribution < 1.29 is 0 Å². The van der Waals surface area contributed by atoms with Crippen molar-refractivity contribution >= 4 is 0 Å². The Hall–Kier alpha value is -1.64. The molecule has 0 N–H and O–H groups in total. The first-order valence-corrected chi connectivity index (χ1v) is 4.78. The molecule has 0 atom stereocenters. The van der Waals surface area contributed by atoms with E-state index in [-0.39, 0.29) is 0 Å². The topological polar surface area (TPSA) is 30.7 Å². The summed E-state index contributed by atoms with van der Waals surface area (Å²) in [6, 6.07) is 8.16. The summed E-state index contributed by atoms with van der Waals surface area (Å²) in [6.45, 7) is 4.14. The molecule has 0 fully saturated rings. The molecule has 0 saturated heterocycles. The SMILES string of the molecule is CCc1cnn(-c2ccc(C)cc2)n1. The number of aryl methyl sites for hydroxylation is 2. The smallest absolute Gasteiger partial charge is 0.0856 e. The molecule has 1 aromatic carbocycles. The van der Waals surface area contributed by atoms with Crippen LogP contribution in [-0.2, 0) is 6.42 Å². The third-order valence-corrected chi connectivity index (χ3v) is 2.17. The molecule has 1 aromatic heterocycles. The molecule has 1 heterocycles. The minimum absolute atomic E-state index is 0.922. The fraction of sp³-hybridized carbons (Fsp3) is 0.273. The summed E-state index contributed by atoms with van der Waals surface area (Å²) in [6.07, 6.45) is 2.73. The van der Waals surface area contributed by atoms with E-state index < -0.39 is 0 Å². The molecule has 14 heavy (non-hydrogen) atoms. The molecule has 0 amide bonds. The van der Waals surface area contributed by atoms with Gasteiger partial charge in [0.25, 0.3) is 0 Å². The van der Waals surface area contributed by atoms with E-state index in [9.17, 15) is 0 Å². The summed E-state index contributed by atoms with van der Waals surface area (Å²) in [5, 5.41) is 8.53. The molecule has 0 aliphatic rings. The molecule has 0 radical (unpaired) electrons. The van der Waals surface area contributed by atoms with E-state index >= 15 is 0 Å². The predicted octanol–water partition coefficient (Wildman–Crippen LogP) is 2.14. The first-order chi connectivity index (χ1) is 6.79. The summed E-state index contributed by atoms with van der Waals surface area (Å²) in [7, 11) is 0. The van der Waals surface area contributed by atoms with Crippen LogP contribution in [0.2, 0.25) is 0 Å². The minimum Gasteiger partial charge on any atom is -0.157 e. The first-order valence-electron chi connectivity index (χ1n) is 4.78. The van der Waals surface area contributed by atoms with Crippen molar-refractivity contribution in [3.8, 4) is 5.69 Å². The van der Waals surface area contributed by atoms with Crippen molar-refractivity contribution in [2.75, 3.05) is 0 Å². The van der Waals surface area contributed by atoms with Gasteiger partial charge in [0.15, 0.2) is 0 Å². The maximum Gasteiger partial charge on any atom is 0.0856 e. The average molecular weight is 187 g/mol. The van der Waals surface area contributed by atoms with Crippen LogP contribution in [-0.4, -0.2) is 15.0 Å². The van der Waals surface area contributed by atoms with Crippen molar-refractivity contribution in [2.45, 2.75) is 20.3 Å². The van der Waals surface area contributed by atoms with Crippen molar-refractivity contribution in [3.05, 3.63) is 41.7 Å². The molecule has 3 heteroatoms. The fourth-order valence-corrected chi connectivity index (χ4v) is 1.26. The lowest BCUT2D eigenvalue weighted by Crippen LogP contribution is -1.98. The second-order valence-electron chi connectivity index (χ2n) is 3.31. The Morgan fingerprint density at radius 3 is 2.50 bits per heavy atom. The van der Waals surface area contributed by atoms with Gasteiger partial charge in [0, 0.05) is 0 Å². The van der Waals surface area contributed by atoms with Crippen LogP contribution in [0.5, 0.6) is 0 Å². The summed E-state index contributed by atoms with van der Waals surface area (Å²) in [5.74, 6) is 0. The zero-order chi connectivity index (χ0) is 9.97. The number of rotatable bonds is 2. The van der Waals surface area contributed by atoms with E-state index in [2.05, 4.69) is 36.2 Å². The zero-order valence-corrected chi connectivity index (χ0v) is 8.44. The molecular weight excluding hydrogens is 174 g/mol. The van der Waals surface area contributed by atoms with Gasteiger partial charge in [0.05, 0.1) is 17.6 Å². The molecule has 72 valence electrons. The van der Waals surface area contributed by atoms with Gasteiger partial charge in [-0.1, -0.05) is 24.6 Å². The number of hydrogen-bond donors (Lipinski definition) is 0. The lowest BCUT2D eigenvalue weighted by Gasteiger charge is -1.98. The molecule has 0 unspecified atom stereocenters. The van der Waals surface area contributed by atoms with Crippen molar-refractivity contribution in [3.63, 3.8) is 0 Å². The maximum absolute atomic E-state index is 4.33. The average Bonchev–Trinajstić information content (AvgIpc) is 2.67. The van der Waals surface area contributed by atoms with Gasteiger partial charge >= 0.3 is 0 Å². The summed E-state index contributed by atoms with van der Waals surface area (Å²) < 4.78 is 0. The Labute approximate surface area is 83.4 Å². The van der Waals surface area contributed by atoms with Gasteiger partial charge in [-0.05, 0) is 25.5 Å². The molecule has 0 spiro atoms. The minimum atomic E-state index is 0.922. The lowest BCUT2D eigenvalue weighted by atomic mass is 10.2. The molecule has 2 rings (SSSR count). The van der Waals surface area contributed by atoms with Crippen LogP contribution in [0, 0.1) is 6.92 Å². The van der Waals surface area contributed by atoms with Gasteiger partial charge in [-0.15, -0.1) is 0 Å².